The van der Waals surface area contributed by atoms with E-state index in [0.29, 0.717) is 0 Å². The molecule has 0 aromatic carbocycles. The van der Waals surface area contributed by atoms with Gasteiger partial charge in [0, 0.05) is 105 Å². The SMILES string of the molecule is [Mg].[Mg].[Zn].[Zn].[Zn]. The summed E-state index contributed by atoms with van der Waals surface area (Å²) >= 11 is 0. The van der Waals surface area contributed by atoms with Crippen LogP contribution in [0.3, 0.4) is 0 Å². The van der Waals surface area contributed by atoms with Gasteiger partial charge in [-0.1, -0.05) is 0 Å². The summed E-state index contributed by atoms with van der Waals surface area (Å²) in [7, 11) is 0. The zero-order valence-corrected chi connectivity index (χ0v) is 15.3. The standard InChI is InChI=1S/2Mg.3Zn. The maximum Gasteiger partial charge on any atom is 0 e. The van der Waals surface area contributed by atoms with Gasteiger partial charge in [-0.05, 0) is 0 Å². The van der Waals surface area contributed by atoms with Gasteiger partial charge in [-0.15, -0.1) is 0 Å². The average Bonchev–Trinajstić information content (AvgIpc) is 0. The molecule has 0 atom stereocenters. The molecule has 0 unspecified atom stereocenters. The molecular weight excluding hydrogens is 245 g/mol. The summed E-state index contributed by atoms with van der Waals surface area (Å²) in [4.78, 5) is 0. The monoisotopic (exact) mass is 240 g/mol. The molecule has 0 saturated heterocycles. The number of hydrogen-bond donors (Lipinski definition) is 0. The summed E-state index contributed by atoms with van der Waals surface area (Å²) < 4.78 is 0. The fourth-order valence-electron chi connectivity index (χ4n) is 0. The van der Waals surface area contributed by atoms with Gasteiger partial charge >= 0.3 is 0 Å². The Bertz CT molecular complexity index is 4.85. The Morgan fingerprint density at radius 2 is 0.400 bits per heavy atom. The van der Waals surface area contributed by atoms with Crippen LogP contribution in [0.15, 0.2) is 0 Å². The minimum atomic E-state index is 0. The molecule has 0 rings (SSSR count). The van der Waals surface area contributed by atoms with E-state index in [0.717, 1.165) is 0 Å². The van der Waals surface area contributed by atoms with Crippen LogP contribution in [0.25, 0.3) is 0 Å². The van der Waals surface area contributed by atoms with Crippen molar-refractivity contribution in [3.63, 3.8) is 0 Å². The Labute approximate surface area is 103 Å². The van der Waals surface area contributed by atoms with E-state index >= 15 is 0 Å². The van der Waals surface area contributed by atoms with E-state index in [-0.39, 0.29) is 105 Å². The van der Waals surface area contributed by atoms with Crippen molar-refractivity contribution in [3.05, 3.63) is 0 Å². The van der Waals surface area contributed by atoms with Crippen LogP contribution in [-0.4, -0.2) is 46.1 Å². The van der Waals surface area contributed by atoms with Crippen LogP contribution < -0.4 is 0 Å². The van der Waals surface area contributed by atoms with E-state index in [1.807, 2.05) is 0 Å². The van der Waals surface area contributed by atoms with E-state index in [2.05, 4.69) is 0 Å². The Morgan fingerprint density at radius 3 is 0.400 bits per heavy atom. The maximum absolute atomic E-state index is 0. The van der Waals surface area contributed by atoms with E-state index in [9.17, 15) is 0 Å². The molecule has 0 heterocycles. The van der Waals surface area contributed by atoms with Crippen LogP contribution >= 0.6 is 0 Å². The van der Waals surface area contributed by atoms with Crippen molar-refractivity contribution in [2.45, 2.75) is 0 Å². The van der Waals surface area contributed by atoms with Crippen LogP contribution in [0, 0.1) is 0 Å². The molecule has 5 heavy (non-hydrogen) atoms. The van der Waals surface area contributed by atoms with Gasteiger partial charge in [-0.3, -0.25) is 0 Å². The molecule has 4 radical (unpaired) electrons. The molecule has 0 saturated carbocycles. The molecule has 0 bridgehead atoms. The Morgan fingerprint density at radius 1 is 0.400 bits per heavy atom. The minimum Gasteiger partial charge on any atom is 0 e. The van der Waals surface area contributed by atoms with Gasteiger partial charge < -0.3 is 0 Å². The Kier molecular flexibility index (Phi) is 208. The molecule has 0 N–H and O–H groups in total. The summed E-state index contributed by atoms with van der Waals surface area (Å²) in [6.07, 6.45) is 0. The van der Waals surface area contributed by atoms with Gasteiger partial charge in [-0.25, -0.2) is 0 Å². The topological polar surface area (TPSA) is 0 Å². The summed E-state index contributed by atoms with van der Waals surface area (Å²) in [5, 5.41) is 0. The first-order valence-electron chi connectivity index (χ1n) is 0. The van der Waals surface area contributed by atoms with Crippen molar-refractivity contribution in [2.75, 3.05) is 0 Å². The minimum absolute atomic E-state index is 0. The quantitative estimate of drug-likeness (QED) is 0.491. The predicted octanol–water partition coefficient (Wildman–Crippen LogP) is -0.769. The van der Waals surface area contributed by atoms with Crippen molar-refractivity contribution in [2.24, 2.45) is 0 Å². The van der Waals surface area contributed by atoms with Crippen LogP contribution in [-0.2, 0) is 58.4 Å². The fourth-order valence-corrected chi connectivity index (χ4v) is 0. The van der Waals surface area contributed by atoms with Gasteiger partial charge in [0.2, 0.25) is 0 Å². The molecule has 0 nitrogen and oxygen atoms in total. The molecule has 0 aromatic rings. The first-order valence-corrected chi connectivity index (χ1v) is 0. The molecule has 0 aliphatic heterocycles. The van der Waals surface area contributed by atoms with Crippen LogP contribution in [0.5, 0.6) is 0 Å². The van der Waals surface area contributed by atoms with E-state index in [1.54, 1.807) is 0 Å². The van der Waals surface area contributed by atoms with E-state index < -0.39 is 0 Å². The third kappa shape index (κ3) is 18.7. The second-order valence-corrected chi connectivity index (χ2v) is 0. The van der Waals surface area contributed by atoms with Crippen molar-refractivity contribution in [1.29, 1.82) is 0 Å². The molecule has 0 aromatic heterocycles. The molecule has 0 amide bonds. The molecule has 0 aliphatic rings. The third-order valence-electron chi connectivity index (χ3n) is 0. The third-order valence-corrected chi connectivity index (χ3v) is 0. The Balaban J connectivity index is 0. The molecule has 10 valence electrons. The fraction of sp³-hybridized carbons (Fsp3) is 0. The molecular formula is Mg2Zn3. The van der Waals surface area contributed by atoms with Crippen molar-refractivity contribution >= 4 is 46.1 Å². The molecule has 5 heteroatoms. The number of rotatable bonds is 0. The summed E-state index contributed by atoms with van der Waals surface area (Å²) in [5.41, 5.74) is 0. The largest absolute Gasteiger partial charge is 0 e. The van der Waals surface area contributed by atoms with Gasteiger partial charge in [0.25, 0.3) is 0 Å². The van der Waals surface area contributed by atoms with Crippen LogP contribution in [0.1, 0.15) is 0 Å². The summed E-state index contributed by atoms with van der Waals surface area (Å²) in [5.74, 6) is 0. The second-order valence-electron chi connectivity index (χ2n) is 0. The molecule has 0 aliphatic carbocycles. The first-order chi connectivity index (χ1) is 0. The maximum atomic E-state index is 0. The summed E-state index contributed by atoms with van der Waals surface area (Å²) in [6.45, 7) is 0. The van der Waals surface area contributed by atoms with Crippen molar-refractivity contribution in [1.82, 2.24) is 0 Å². The average molecular weight is 245 g/mol. The zero-order valence-electron chi connectivity index (χ0n) is 3.54. The second kappa shape index (κ2) is 26.2. The molecule has 0 spiro atoms. The molecule has 0 fully saturated rings. The van der Waals surface area contributed by atoms with Crippen LogP contribution in [0.4, 0.5) is 0 Å². The van der Waals surface area contributed by atoms with Gasteiger partial charge in [0.1, 0.15) is 0 Å². The number of hydrogen-bond acceptors (Lipinski definition) is 0. The van der Waals surface area contributed by atoms with Gasteiger partial charge in [0.05, 0.1) is 0 Å². The van der Waals surface area contributed by atoms with Gasteiger partial charge in [-0.2, -0.15) is 0 Å². The zero-order chi connectivity index (χ0) is 0. The van der Waals surface area contributed by atoms with E-state index in [1.165, 1.54) is 0 Å². The Hall–Kier alpha value is 3.40. The van der Waals surface area contributed by atoms with E-state index in [4.69, 9.17) is 0 Å². The smallest absolute Gasteiger partial charge is 0 e. The van der Waals surface area contributed by atoms with Gasteiger partial charge in [0.15, 0.2) is 0 Å². The summed E-state index contributed by atoms with van der Waals surface area (Å²) in [6, 6.07) is 0. The predicted molar refractivity (Wildman–Crippen MR) is 11.5 cm³/mol. The first kappa shape index (κ1) is 39.8. The normalized spacial score (nSPS) is 0. The van der Waals surface area contributed by atoms with Crippen molar-refractivity contribution < 1.29 is 58.4 Å². The van der Waals surface area contributed by atoms with Crippen molar-refractivity contribution in [3.8, 4) is 0 Å². The van der Waals surface area contributed by atoms with Crippen LogP contribution in [0.2, 0.25) is 0 Å².